The molecule has 3 aromatic rings. The molecule has 0 aliphatic heterocycles. The predicted molar refractivity (Wildman–Crippen MR) is 108 cm³/mol. The van der Waals surface area contributed by atoms with Crippen LogP contribution in [0.2, 0.25) is 0 Å². The monoisotopic (exact) mass is 380 g/mol. The topological polar surface area (TPSA) is 67.4 Å². The van der Waals surface area contributed by atoms with E-state index in [2.05, 4.69) is 10.6 Å². The summed E-state index contributed by atoms with van der Waals surface area (Å²) in [6, 6.07) is 19.1. The van der Waals surface area contributed by atoms with Gasteiger partial charge in [-0.15, -0.1) is 11.3 Å². The van der Waals surface area contributed by atoms with Crippen LogP contribution in [0.15, 0.2) is 66.0 Å². The molecule has 0 fully saturated rings. The summed E-state index contributed by atoms with van der Waals surface area (Å²) >= 11 is 1.34. The highest BCUT2D eigenvalue weighted by Crippen LogP contribution is 2.25. The molecule has 0 aliphatic carbocycles. The zero-order chi connectivity index (χ0) is 19.1. The summed E-state index contributed by atoms with van der Waals surface area (Å²) in [6.07, 6.45) is 0.697. The van der Waals surface area contributed by atoms with E-state index >= 15 is 0 Å². The second kappa shape index (κ2) is 9.00. The van der Waals surface area contributed by atoms with E-state index in [9.17, 15) is 9.59 Å². The highest BCUT2D eigenvalue weighted by atomic mass is 32.1. The fourth-order valence-electron chi connectivity index (χ4n) is 2.67. The van der Waals surface area contributed by atoms with Crippen molar-refractivity contribution in [2.24, 2.45) is 0 Å². The smallest absolute Gasteiger partial charge is 0.261 e. The van der Waals surface area contributed by atoms with Gasteiger partial charge < -0.3 is 15.4 Å². The lowest BCUT2D eigenvalue weighted by molar-refractivity contribution is -0.115. The number of carbonyl (C=O) groups is 2. The zero-order valence-corrected chi connectivity index (χ0v) is 15.7. The van der Waals surface area contributed by atoms with Gasteiger partial charge in [0.2, 0.25) is 5.91 Å². The Balaban J connectivity index is 1.63. The molecule has 2 amide bonds. The second-order valence-corrected chi connectivity index (χ2v) is 6.84. The molecule has 0 atom stereocenters. The number of methoxy groups -OCH3 is 1. The first kappa shape index (κ1) is 18.7. The number of benzene rings is 2. The molecule has 6 heteroatoms. The molecule has 0 radical (unpaired) electrons. The van der Waals surface area contributed by atoms with Gasteiger partial charge in [-0.05, 0) is 35.2 Å². The third-order valence-corrected chi connectivity index (χ3v) is 4.82. The Bertz CT molecular complexity index is 908. The van der Waals surface area contributed by atoms with Gasteiger partial charge in [0.05, 0.1) is 18.5 Å². The standard InChI is InChI=1S/C21H20N2O3S/c1-26-18-10-9-17(13-16(18)12-15-6-3-2-4-7-15)23-20(24)14-22-21(25)19-8-5-11-27-19/h2-11,13H,12,14H2,1H3,(H,22,25)(H,23,24). The zero-order valence-electron chi connectivity index (χ0n) is 14.9. The number of ether oxygens (including phenoxy) is 1. The predicted octanol–water partition coefficient (Wildman–Crippen LogP) is 3.72. The quantitative estimate of drug-likeness (QED) is 0.656. The van der Waals surface area contributed by atoms with E-state index in [1.54, 1.807) is 25.3 Å². The van der Waals surface area contributed by atoms with Crippen molar-refractivity contribution >= 4 is 28.8 Å². The molecular weight excluding hydrogens is 360 g/mol. The SMILES string of the molecule is COc1ccc(NC(=O)CNC(=O)c2cccs2)cc1Cc1ccccc1. The first-order chi connectivity index (χ1) is 13.2. The van der Waals surface area contributed by atoms with Gasteiger partial charge in [-0.1, -0.05) is 36.4 Å². The van der Waals surface area contributed by atoms with E-state index in [1.807, 2.05) is 47.8 Å². The average molecular weight is 380 g/mol. The summed E-state index contributed by atoms with van der Waals surface area (Å²) in [7, 11) is 1.63. The molecule has 2 N–H and O–H groups in total. The van der Waals surface area contributed by atoms with E-state index in [-0.39, 0.29) is 18.4 Å². The van der Waals surface area contributed by atoms with Crippen molar-refractivity contribution < 1.29 is 14.3 Å². The summed E-state index contributed by atoms with van der Waals surface area (Å²) < 4.78 is 5.43. The number of nitrogens with one attached hydrogen (secondary N) is 2. The van der Waals surface area contributed by atoms with Crippen LogP contribution >= 0.6 is 11.3 Å². The molecule has 3 rings (SSSR count). The maximum Gasteiger partial charge on any atom is 0.261 e. The van der Waals surface area contributed by atoms with Crippen LogP contribution in [-0.4, -0.2) is 25.5 Å². The van der Waals surface area contributed by atoms with E-state index < -0.39 is 0 Å². The molecular formula is C21H20N2O3S. The van der Waals surface area contributed by atoms with Crippen molar-refractivity contribution in [1.29, 1.82) is 0 Å². The van der Waals surface area contributed by atoms with Crippen molar-refractivity contribution in [2.75, 3.05) is 19.0 Å². The average Bonchev–Trinajstić information content (AvgIpc) is 3.22. The first-order valence-electron chi connectivity index (χ1n) is 8.48. The molecule has 0 saturated heterocycles. The second-order valence-electron chi connectivity index (χ2n) is 5.90. The Labute approximate surface area is 162 Å². The number of hydrogen-bond acceptors (Lipinski definition) is 4. The van der Waals surface area contributed by atoms with Crippen LogP contribution in [0.25, 0.3) is 0 Å². The van der Waals surface area contributed by atoms with Crippen LogP contribution in [0.3, 0.4) is 0 Å². The lowest BCUT2D eigenvalue weighted by Gasteiger charge is -2.12. The van der Waals surface area contributed by atoms with Gasteiger partial charge in [0.15, 0.2) is 0 Å². The van der Waals surface area contributed by atoms with Gasteiger partial charge in [-0.2, -0.15) is 0 Å². The van der Waals surface area contributed by atoms with Gasteiger partial charge in [0.1, 0.15) is 5.75 Å². The van der Waals surface area contributed by atoms with E-state index in [0.717, 1.165) is 16.9 Å². The van der Waals surface area contributed by atoms with Crippen LogP contribution in [0.1, 0.15) is 20.8 Å². The highest BCUT2D eigenvalue weighted by Gasteiger charge is 2.11. The molecule has 27 heavy (non-hydrogen) atoms. The maximum atomic E-state index is 12.2. The van der Waals surface area contributed by atoms with Crippen molar-refractivity contribution in [3.05, 3.63) is 82.0 Å². The van der Waals surface area contributed by atoms with E-state index in [0.29, 0.717) is 17.0 Å². The molecule has 0 unspecified atom stereocenters. The summed E-state index contributed by atoms with van der Waals surface area (Å²) in [6.45, 7) is -0.0865. The van der Waals surface area contributed by atoms with Crippen LogP contribution in [0.5, 0.6) is 5.75 Å². The number of rotatable bonds is 7. The van der Waals surface area contributed by atoms with Gasteiger partial charge in [-0.3, -0.25) is 9.59 Å². The first-order valence-corrected chi connectivity index (χ1v) is 9.36. The molecule has 0 spiro atoms. The fraction of sp³-hybridized carbons (Fsp3) is 0.143. The number of hydrogen-bond donors (Lipinski definition) is 2. The van der Waals surface area contributed by atoms with Gasteiger partial charge in [-0.25, -0.2) is 0 Å². The Morgan fingerprint density at radius 2 is 1.85 bits per heavy atom. The fourth-order valence-corrected chi connectivity index (χ4v) is 3.31. The summed E-state index contributed by atoms with van der Waals surface area (Å²) in [5.41, 5.74) is 2.80. The van der Waals surface area contributed by atoms with Crippen molar-refractivity contribution in [3.63, 3.8) is 0 Å². The van der Waals surface area contributed by atoms with E-state index in [4.69, 9.17) is 4.74 Å². The van der Waals surface area contributed by atoms with Crippen molar-refractivity contribution in [3.8, 4) is 5.75 Å². The van der Waals surface area contributed by atoms with Crippen LogP contribution in [0, 0.1) is 0 Å². The summed E-state index contributed by atoms with van der Waals surface area (Å²) in [5, 5.41) is 7.25. The van der Waals surface area contributed by atoms with Crippen molar-refractivity contribution in [2.45, 2.75) is 6.42 Å². The number of carbonyl (C=O) groups excluding carboxylic acids is 2. The third kappa shape index (κ3) is 5.18. The largest absolute Gasteiger partial charge is 0.496 e. The van der Waals surface area contributed by atoms with E-state index in [1.165, 1.54) is 11.3 Å². The molecule has 0 bridgehead atoms. The molecule has 0 aliphatic rings. The number of thiophene rings is 1. The third-order valence-electron chi connectivity index (χ3n) is 3.96. The van der Waals surface area contributed by atoms with Gasteiger partial charge >= 0.3 is 0 Å². The lowest BCUT2D eigenvalue weighted by Crippen LogP contribution is -2.32. The molecule has 1 aromatic heterocycles. The molecule has 1 heterocycles. The van der Waals surface area contributed by atoms with Crippen LogP contribution < -0.4 is 15.4 Å². The minimum Gasteiger partial charge on any atom is -0.496 e. The maximum absolute atomic E-state index is 12.2. The van der Waals surface area contributed by atoms with Crippen LogP contribution in [-0.2, 0) is 11.2 Å². The van der Waals surface area contributed by atoms with Crippen molar-refractivity contribution in [1.82, 2.24) is 5.32 Å². The number of amides is 2. The minimum absolute atomic E-state index is 0.0865. The molecule has 2 aromatic carbocycles. The summed E-state index contributed by atoms with van der Waals surface area (Å²) in [5.74, 6) is 0.234. The Morgan fingerprint density at radius 1 is 1.04 bits per heavy atom. The number of anilines is 1. The van der Waals surface area contributed by atoms with Crippen LogP contribution in [0.4, 0.5) is 5.69 Å². The normalized spacial score (nSPS) is 10.3. The molecule has 0 saturated carbocycles. The Kier molecular flexibility index (Phi) is 6.22. The minimum atomic E-state index is -0.282. The van der Waals surface area contributed by atoms with Gasteiger partial charge in [0.25, 0.3) is 5.91 Å². The van der Waals surface area contributed by atoms with Gasteiger partial charge in [0, 0.05) is 17.7 Å². The Hall–Kier alpha value is -3.12. The molecule has 138 valence electrons. The highest BCUT2D eigenvalue weighted by molar-refractivity contribution is 7.12. The lowest BCUT2D eigenvalue weighted by atomic mass is 10.0. The summed E-state index contributed by atoms with van der Waals surface area (Å²) in [4.78, 5) is 24.6. The Morgan fingerprint density at radius 3 is 2.56 bits per heavy atom. The molecule has 5 nitrogen and oxygen atoms in total.